The molecule has 0 atom stereocenters. The first-order chi connectivity index (χ1) is 11.1. The number of rotatable bonds is 4. The summed E-state index contributed by atoms with van der Waals surface area (Å²) in [5.74, 6) is -0.353. The van der Waals surface area contributed by atoms with Gasteiger partial charge in [0.25, 0.3) is 0 Å². The monoisotopic (exact) mass is 410 g/mol. The van der Waals surface area contributed by atoms with Crippen molar-refractivity contribution in [3.8, 4) is 5.75 Å². The molecule has 3 N–H and O–H groups in total. The van der Waals surface area contributed by atoms with Crippen molar-refractivity contribution >= 4 is 62.6 Å². The van der Waals surface area contributed by atoms with E-state index in [4.69, 9.17) is 39.4 Å². The molecule has 2 aromatic rings. The smallest absolute Gasteiger partial charge is 0.360 e. The molecule has 0 spiro atoms. The number of carbonyl (C=O) groups excluding carboxylic acids is 1. The van der Waals surface area contributed by atoms with E-state index in [1.807, 2.05) is 0 Å². The Hall–Kier alpha value is -1.71. The Labute approximate surface area is 152 Å². The van der Waals surface area contributed by atoms with E-state index < -0.39 is 16.4 Å². The Kier molecular flexibility index (Phi) is 5.79. The number of hydrogen-bond donors (Lipinski definition) is 3. The first-order valence-electron chi connectivity index (χ1n) is 6.13. The van der Waals surface area contributed by atoms with Crippen LogP contribution in [0.2, 0.25) is 15.1 Å². The molecule has 0 saturated heterocycles. The summed E-state index contributed by atoms with van der Waals surface area (Å²) in [4.78, 5) is 12.0. The topological polar surface area (TPSA) is 105 Å². The SMILES string of the molecule is O=C(Nc1ccc(Cl)c(Cl)c1)Nc1ccc(Cl)cc1OS(=O)(=O)O. The molecular weight excluding hydrogens is 403 g/mol. The lowest BCUT2D eigenvalue weighted by molar-refractivity contribution is 0.262. The normalized spacial score (nSPS) is 11.0. The van der Waals surface area contributed by atoms with Gasteiger partial charge in [-0.25, -0.2) is 4.79 Å². The van der Waals surface area contributed by atoms with Crippen molar-refractivity contribution in [1.29, 1.82) is 0 Å². The zero-order valence-electron chi connectivity index (χ0n) is 11.6. The third-order valence-corrected chi connectivity index (χ3v) is 3.93. The second kappa shape index (κ2) is 7.45. The molecule has 0 radical (unpaired) electrons. The van der Waals surface area contributed by atoms with Crippen molar-refractivity contribution in [2.75, 3.05) is 10.6 Å². The van der Waals surface area contributed by atoms with E-state index in [1.54, 1.807) is 0 Å². The fourth-order valence-electron chi connectivity index (χ4n) is 1.64. The van der Waals surface area contributed by atoms with Gasteiger partial charge in [-0.1, -0.05) is 34.8 Å². The molecule has 0 aliphatic heterocycles. The maximum Gasteiger partial charge on any atom is 0.446 e. The van der Waals surface area contributed by atoms with Crippen LogP contribution in [0.5, 0.6) is 5.75 Å². The highest BCUT2D eigenvalue weighted by Crippen LogP contribution is 2.30. The number of carbonyl (C=O) groups is 1. The van der Waals surface area contributed by atoms with E-state index in [-0.39, 0.29) is 21.5 Å². The molecule has 0 aliphatic rings. The van der Waals surface area contributed by atoms with E-state index in [1.165, 1.54) is 30.3 Å². The Morgan fingerprint density at radius 3 is 2.33 bits per heavy atom. The summed E-state index contributed by atoms with van der Waals surface area (Å²) in [6.45, 7) is 0. The fraction of sp³-hybridized carbons (Fsp3) is 0. The number of benzene rings is 2. The lowest BCUT2D eigenvalue weighted by Crippen LogP contribution is -2.20. The fourth-order valence-corrected chi connectivity index (χ4v) is 2.47. The van der Waals surface area contributed by atoms with Gasteiger partial charge in [0.15, 0.2) is 5.75 Å². The van der Waals surface area contributed by atoms with Crippen LogP contribution in [0.25, 0.3) is 0 Å². The van der Waals surface area contributed by atoms with Crippen molar-refractivity contribution in [3.63, 3.8) is 0 Å². The molecule has 128 valence electrons. The van der Waals surface area contributed by atoms with Crippen LogP contribution in [-0.4, -0.2) is 19.0 Å². The van der Waals surface area contributed by atoms with Crippen LogP contribution in [0.1, 0.15) is 0 Å². The van der Waals surface area contributed by atoms with Gasteiger partial charge in [0.2, 0.25) is 0 Å². The van der Waals surface area contributed by atoms with Gasteiger partial charge in [0, 0.05) is 16.8 Å². The summed E-state index contributed by atoms with van der Waals surface area (Å²) in [6, 6.07) is 7.55. The van der Waals surface area contributed by atoms with Crippen LogP contribution in [-0.2, 0) is 10.4 Å². The van der Waals surface area contributed by atoms with Gasteiger partial charge in [-0.3, -0.25) is 4.55 Å². The van der Waals surface area contributed by atoms with Gasteiger partial charge in [0.1, 0.15) is 0 Å². The van der Waals surface area contributed by atoms with Crippen LogP contribution >= 0.6 is 34.8 Å². The second-order valence-electron chi connectivity index (χ2n) is 4.36. The van der Waals surface area contributed by atoms with Crippen LogP contribution < -0.4 is 14.8 Å². The second-order valence-corrected chi connectivity index (χ2v) is 6.63. The molecule has 11 heteroatoms. The van der Waals surface area contributed by atoms with Crippen molar-refractivity contribution in [1.82, 2.24) is 0 Å². The van der Waals surface area contributed by atoms with Gasteiger partial charge in [-0.05, 0) is 30.3 Å². The van der Waals surface area contributed by atoms with Crippen LogP contribution in [0.15, 0.2) is 36.4 Å². The molecular formula is C13H9Cl3N2O5S. The maximum absolute atomic E-state index is 12.0. The summed E-state index contributed by atoms with van der Waals surface area (Å²) in [6.07, 6.45) is 0. The van der Waals surface area contributed by atoms with E-state index in [2.05, 4.69) is 14.8 Å². The summed E-state index contributed by atoms with van der Waals surface area (Å²) in [5.41, 5.74) is 0.322. The Morgan fingerprint density at radius 1 is 1.00 bits per heavy atom. The molecule has 0 heterocycles. The largest absolute Gasteiger partial charge is 0.446 e. The van der Waals surface area contributed by atoms with Crippen molar-refractivity contribution in [2.45, 2.75) is 0 Å². The number of amides is 2. The molecule has 7 nitrogen and oxygen atoms in total. The lowest BCUT2D eigenvalue weighted by atomic mass is 10.3. The standard InChI is InChI=1S/C13H9Cl3N2O5S/c14-7-1-4-11(12(5-7)23-24(20,21)22)18-13(19)17-8-2-3-9(15)10(16)6-8/h1-6H,(H2,17,18,19)(H,20,21,22). The number of anilines is 2. The molecule has 2 rings (SSSR count). The molecule has 0 fully saturated rings. The Morgan fingerprint density at radius 2 is 1.71 bits per heavy atom. The minimum atomic E-state index is -4.78. The molecule has 24 heavy (non-hydrogen) atoms. The van der Waals surface area contributed by atoms with Gasteiger partial charge >= 0.3 is 16.4 Å². The molecule has 2 aromatic carbocycles. The van der Waals surface area contributed by atoms with Crippen molar-refractivity contribution in [3.05, 3.63) is 51.5 Å². The molecule has 0 aromatic heterocycles. The third-order valence-electron chi connectivity index (χ3n) is 2.56. The van der Waals surface area contributed by atoms with E-state index in [9.17, 15) is 13.2 Å². The Balaban J connectivity index is 2.17. The van der Waals surface area contributed by atoms with Gasteiger partial charge in [0.05, 0.1) is 15.7 Å². The molecule has 0 bridgehead atoms. The Bertz CT molecular complexity index is 889. The van der Waals surface area contributed by atoms with E-state index >= 15 is 0 Å². The summed E-state index contributed by atoms with van der Waals surface area (Å²) >= 11 is 17.3. The number of nitrogens with one attached hydrogen (secondary N) is 2. The van der Waals surface area contributed by atoms with Gasteiger partial charge < -0.3 is 14.8 Å². The summed E-state index contributed by atoms with van der Waals surface area (Å²) in [7, 11) is -4.78. The first-order valence-corrected chi connectivity index (χ1v) is 8.63. The maximum atomic E-state index is 12.0. The quantitative estimate of drug-likeness (QED) is 0.644. The number of urea groups is 1. The van der Waals surface area contributed by atoms with Crippen LogP contribution in [0.3, 0.4) is 0 Å². The molecule has 2 amide bonds. The number of hydrogen-bond acceptors (Lipinski definition) is 4. The van der Waals surface area contributed by atoms with E-state index in [0.717, 1.165) is 6.07 Å². The predicted molar refractivity (Wildman–Crippen MR) is 92.7 cm³/mol. The highest BCUT2D eigenvalue weighted by molar-refractivity contribution is 7.81. The summed E-state index contributed by atoms with van der Waals surface area (Å²) < 4.78 is 34.8. The van der Waals surface area contributed by atoms with Gasteiger partial charge in [-0.2, -0.15) is 8.42 Å². The van der Waals surface area contributed by atoms with Crippen molar-refractivity contribution < 1.29 is 21.9 Å². The van der Waals surface area contributed by atoms with Crippen molar-refractivity contribution in [2.24, 2.45) is 0 Å². The highest BCUT2D eigenvalue weighted by Gasteiger charge is 2.15. The average Bonchev–Trinajstić information content (AvgIpc) is 2.44. The minimum Gasteiger partial charge on any atom is -0.360 e. The average molecular weight is 412 g/mol. The van der Waals surface area contributed by atoms with Crippen LogP contribution in [0, 0.1) is 0 Å². The summed E-state index contributed by atoms with van der Waals surface area (Å²) in [5, 5.41) is 5.54. The minimum absolute atomic E-state index is 0.0328. The lowest BCUT2D eigenvalue weighted by Gasteiger charge is -2.12. The van der Waals surface area contributed by atoms with E-state index in [0.29, 0.717) is 10.7 Å². The van der Waals surface area contributed by atoms with Gasteiger partial charge in [-0.15, -0.1) is 0 Å². The third kappa shape index (κ3) is 5.43. The molecule has 0 aliphatic carbocycles. The zero-order valence-corrected chi connectivity index (χ0v) is 14.7. The molecule has 0 saturated carbocycles. The van der Waals surface area contributed by atoms with Crippen LogP contribution in [0.4, 0.5) is 16.2 Å². The highest BCUT2D eigenvalue weighted by atomic mass is 35.5. The molecule has 0 unspecified atom stereocenters. The first kappa shape index (κ1) is 18.6. The zero-order chi connectivity index (χ0) is 17.9. The number of halogens is 3. The predicted octanol–water partition coefficient (Wildman–Crippen LogP) is 4.47.